The maximum Gasteiger partial charge on any atom is 0.293 e. The van der Waals surface area contributed by atoms with Crippen LogP contribution in [0, 0.1) is 0 Å². The van der Waals surface area contributed by atoms with E-state index < -0.39 is 5.60 Å². The van der Waals surface area contributed by atoms with Crippen molar-refractivity contribution in [1.29, 1.82) is 0 Å². The largest absolute Gasteiger partial charge is 0.388 e. The number of aliphatic hydroxyl groups is 1. The van der Waals surface area contributed by atoms with Crippen molar-refractivity contribution in [2.75, 3.05) is 11.9 Å². The summed E-state index contributed by atoms with van der Waals surface area (Å²) in [5, 5.41) is 13.1. The molecule has 0 spiro atoms. The van der Waals surface area contributed by atoms with E-state index in [1.54, 1.807) is 17.0 Å². The lowest BCUT2D eigenvalue weighted by molar-refractivity contribution is 0.0613. The lowest BCUT2D eigenvalue weighted by Gasteiger charge is -2.22. The van der Waals surface area contributed by atoms with Crippen molar-refractivity contribution in [1.82, 2.24) is 9.55 Å². The number of nitrogens with one attached hydrogen (secondary N) is 1. The Morgan fingerprint density at radius 3 is 2.88 bits per heavy atom. The van der Waals surface area contributed by atoms with E-state index in [0.29, 0.717) is 18.9 Å². The van der Waals surface area contributed by atoms with Crippen molar-refractivity contribution < 1.29 is 5.11 Å². The van der Waals surface area contributed by atoms with Crippen LogP contribution in [0.25, 0.3) is 0 Å². The van der Waals surface area contributed by atoms with Crippen LogP contribution in [0.2, 0.25) is 0 Å². The molecule has 1 aromatic rings. The lowest BCUT2D eigenvalue weighted by Crippen LogP contribution is -2.36. The maximum atomic E-state index is 11.9. The number of hydrogen-bond donors (Lipinski definition) is 2. The predicted molar refractivity (Wildman–Crippen MR) is 66.1 cm³/mol. The van der Waals surface area contributed by atoms with Gasteiger partial charge in [0, 0.05) is 25.5 Å². The van der Waals surface area contributed by atoms with Crippen LogP contribution in [-0.4, -0.2) is 26.8 Å². The Morgan fingerprint density at radius 1 is 1.53 bits per heavy atom. The Labute approximate surface area is 100 Å². The molecular weight excluding hydrogens is 218 g/mol. The zero-order valence-electron chi connectivity index (χ0n) is 10.1. The van der Waals surface area contributed by atoms with Gasteiger partial charge in [0.15, 0.2) is 5.82 Å². The van der Waals surface area contributed by atoms with Gasteiger partial charge in [-0.1, -0.05) is 12.8 Å². The molecule has 1 aliphatic carbocycles. The Morgan fingerprint density at radius 2 is 2.24 bits per heavy atom. The molecule has 5 heteroatoms. The Bertz CT molecular complexity index is 436. The Kier molecular flexibility index (Phi) is 3.47. The Hall–Kier alpha value is -1.36. The van der Waals surface area contributed by atoms with Crippen LogP contribution in [0.4, 0.5) is 5.82 Å². The van der Waals surface area contributed by atoms with Crippen LogP contribution >= 0.6 is 0 Å². The molecule has 0 radical (unpaired) electrons. The number of rotatable bonds is 4. The summed E-state index contributed by atoms with van der Waals surface area (Å²) in [6.45, 7) is 2.94. The van der Waals surface area contributed by atoms with Gasteiger partial charge in [-0.2, -0.15) is 0 Å². The molecule has 0 bridgehead atoms. The number of anilines is 1. The number of aryl methyl sites for hydroxylation is 1. The van der Waals surface area contributed by atoms with Gasteiger partial charge < -0.3 is 15.0 Å². The molecule has 0 amide bonds. The van der Waals surface area contributed by atoms with Crippen LogP contribution in [0.15, 0.2) is 17.2 Å². The van der Waals surface area contributed by atoms with Gasteiger partial charge in [0.2, 0.25) is 0 Å². The standard InChI is InChI=1S/C12H19N3O2/c1-2-15-8-7-13-10(11(15)16)14-9-12(17)5-3-4-6-12/h7-8,17H,2-6,9H2,1H3,(H,13,14). The van der Waals surface area contributed by atoms with E-state index >= 15 is 0 Å². The van der Waals surface area contributed by atoms with E-state index in [4.69, 9.17) is 0 Å². The van der Waals surface area contributed by atoms with Crippen LogP contribution in [0.3, 0.4) is 0 Å². The quantitative estimate of drug-likeness (QED) is 0.819. The van der Waals surface area contributed by atoms with Crippen molar-refractivity contribution in [3.8, 4) is 0 Å². The average molecular weight is 237 g/mol. The summed E-state index contributed by atoms with van der Waals surface area (Å²) < 4.78 is 1.59. The maximum absolute atomic E-state index is 11.9. The number of nitrogens with zero attached hydrogens (tertiary/aromatic N) is 2. The first-order valence-corrected chi connectivity index (χ1v) is 6.16. The van der Waals surface area contributed by atoms with E-state index in [1.807, 2.05) is 6.92 Å². The third-order valence-corrected chi connectivity index (χ3v) is 3.37. The first kappa shape index (κ1) is 12.1. The minimum atomic E-state index is -0.666. The minimum Gasteiger partial charge on any atom is -0.388 e. The van der Waals surface area contributed by atoms with Gasteiger partial charge in [0.1, 0.15) is 0 Å². The minimum absolute atomic E-state index is 0.128. The SMILES string of the molecule is CCn1ccnc(NCC2(O)CCCC2)c1=O. The van der Waals surface area contributed by atoms with Crippen LogP contribution in [0.1, 0.15) is 32.6 Å². The highest BCUT2D eigenvalue weighted by atomic mass is 16.3. The molecule has 0 atom stereocenters. The zero-order valence-corrected chi connectivity index (χ0v) is 10.1. The summed E-state index contributed by atoms with van der Waals surface area (Å²) >= 11 is 0. The van der Waals surface area contributed by atoms with Gasteiger partial charge in [-0.3, -0.25) is 4.79 Å². The second-order valence-corrected chi connectivity index (χ2v) is 4.65. The number of aromatic nitrogens is 2. The molecular formula is C12H19N3O2. The van der Waals surface area contributed by atoms with E-state index in [1.165, 1.54) is 0 Å². The second-order valence-electron chi connectivity index (χ2n) is 4.65. The van der Waals surface area contributed by atoms with Gasteiger partial charge in [-0.15, -0.1) is 0 Å². The molecule has 1 saturated carbocycles. The number of hydrogen-bond acceptors (Lipinski definition) is 4. The highest BCUT2D eigenvalue weighted by Crippen LogP contribution is 2.29. The highest BCUT2D eigenvalue weighted by molar-refractivity contribution is 5.31. The molecule has 1 aliphatic rings. The van der Waals surface area contributed by atoms with Crippen molar-refractivity contribution in [2.45, 2.75) is 44.8 Å². The normalized spacial score (nSPS) is 18.2. The summed E-state index contributed by atoms with van der Waals surface area (Å²) in [4.78, 5) is 15.9. The molecule has 94 valence electrons. The highest BCUT2D eigenvalue weighted by Gasteiger charge is 2.30. The van der Waals surface area contributed by atoms with Crippen LogP contribution < -0.4 is 10.9 Å². The van der Waals surface area contributed by atoms with Gasteiger partial charge in [0.25, 0.3) is 5.56 Å². The summed E-state index contributed by atoms with van der Waals surface area (Å²) in [7, 11) is 0. The fraction of sp³-hybridized carbons (Fsp3) is 0.667. The molecule has 0 unspecified atom stereocenters. The van der Waals surface area contributed by atoms with Gasteiger partial charge in [-0.05, 0) is 19.8 Å². The first-order chi connectivity index (χ1) is 8.14. The molecule has 17 heavy (non-hydrogen) atoms. The third-order valence-electron chi connectivity index (χ3n) is 3.37. The molecule has 0 aromatic carbocycles. The summed E-state index contributed by atoms with van der Waals surface area (Å²) in [5.74, 6) is 0.328. The molecule has 2 rings (SSSR count). The second kappa shape index (κ2) is 4.87. The fourth-order valence-corrected chi connectivity index (χ4v) is 2.28. The van der Waals surface area contributed by atoms with Gasteiger partial charge in [0.05, 0.1) is 5.60 Å². The van der Waals surface area contributed by atoms with Crippen molar-refractivity contribution in [3.05, 3.63) is 22.7 Å². The molecule has 0 saturated heterocycles. The van der Waals surface area contributed by atoms with E-state index in [2.05, 4.69) is 10.3 Å². The summed E-state index contributed by atoms with van der Waals surface area (Å²) in [5.41, 5.74) is -0.794. The monoisotopic (exact) mass is 237 g/mol. The summed E-state index contributed by atoms with van der Waals surface area (Å²) in [6, 6.07) is 0. The molecule has 0 aliphatic heterocycles. The van der Waals surface area contributed by atoms with Crippen molar-refractivity contribution >= 4 is 5.82 Å². The van der Waals surface area contributed by atoms with Crippen LogP contribution in [-0.2, 0) is 6.54 Å². The predicted octanol–water partition coefficient (Wildman–Crippen LogP) is 0.980. The van der Waals surface area contributed by atoms with Crippen molar-refractivity contribution in [2.24, 2.45) is 0 Å². The third kappa shape index (κ3) is 2.66. The zero-order chi connectivity index (χ0) is 12.3. The van der Waals surface area contributed by atoms with Gasteiger partial charge >= 0.3 is 0 Å². The smallest absolute Gasteiger partial charge is 0.293 e. The Balaban J connectivity index is 2.06. The van der Waals surface area contributed by atoms with Crippen LogP contribution in [0.5, 0.6) is 0 Å². The molecule has 1 aromatic heterocycles. The first-order valence-electron chi connectivity index (χ1n) is 6.16. The average Bonchev–Trinajstić information content (AvgIpc) is 2.75. The molecule has 1 fully saturated rings. The molecule has 5 nitrogen and oxygen atoms in total. The van der Waals surface area contributed by atoms with Gasteiger partial charge in [-0.25, -0.2) is 4.98 Å². The topological polar surface area (TPSA) is 67.2 Å². The van der Waals surface area contributed by atoms with Crippen molar-refractivity contribution in [3.63, 3.8) is 0 Å². The fourth-order valence-electron chi connectivity index (χ4n) is 2.28. The molecule has 1 heterocycles. The van der Waals surface area contributed by atoms with E-state index in [0.717, 1.165) is 25.7 Å². The summed E-state index contributed by atoms with van der Waals surface area (Å²) in [6.07, 6.45) is 6.98. The van der Waals surface area contributed by atoms with E-state index in [-0.39, 0.29) is 5.56 Å². The molecule has 2 N–H and O–H groups in total. The van der Waals surface area contributed by atoms with E-state index in [9.17, 15) is 9.90 Å². The lowest BCUT2D eigenvalue weighted by atomic mass is 10.0.